The van der Waals surface area contributed by atoms with Crippen LogP contribution >= 0.6 is 0 Å². The van der Waals surface area contributed by atoms with Crippen LogP contribution in [0.25, 0.3) is 0 Å². The second-order valence-electron chi connectivity index (χ2n) is 5.67. The number of hydrogen-bond acceptors (Lipinski definition) is 3. The first-order valence-electron chi connectivity index (χ1n) is 6.90. The van der Waals surface area contributed by atoms with Crippen LogP contribution in [0.4, 0.5) is 8.78 Å². The maximum atomic E-state index is 12.7. The SMILES string of the molecule is COCC1CCC(C(=O)NNC(=O)C2CC2(F)F)CC1. The second kappa shape index (κ2) is 6.03. The molecule has 0 radical (unpaired) electrons. The topological polar surface area (TPSA) is 67.4 Å². The third-order valence-electron chi connectivity index (χ3n) is 4.07. The van der Waals surface area contributed by atoms with Crippen LogP contribution in [0.5, 0.6) is 0 Å². The Morgan fingerprint density at radius 3 is 2.20 bits per heavy atom. The van der Waals surface area contributed by atoms with Gasteiger partial charge in [0, 0.05) is 26.1 Å². The molecule has 2 rings (SSSR count). The van der Waals surface area contributed by atoms with Gasteiger partial charge in [-0.2, -0.15) is 0 Å². The number of nitrogens with one attached hydrogen (secondary N) is 2. The highest BCUT2D eigenvalue weighted by Gasteiger charge is 2.61. The van der Waals surface area contributed by atoms with E-state index < -0.39 is 24.2 Å². The van der Waals surface area contributed by atoms with Gasteiger partial charge >= 0.3 is 0 Å². The zero-order chi connectivity index (χ0) is 14.8. The van der Waals surface area contributed by atoms with E-state index in [0.29, 0.717) is 12.5 Å². The Labute approximate surface area is 116 Å². The van der Waals surface area contributed by atoms with Gasteiger partial charge in [-0.25, -0.2) is 8.78 Å². The van der Waals surface area contributed by atoms with Crippen LogP contribution < -0.4 is 10.9 Å². The lowest BCUT2D eigenvalue weighted by molar-refractivity contribution is -0.133. The summed E-state index contributed by atoms with van der Waals surface area (Å²) in [7, 11) is 1.65. The summed E-state index contributed by atoms with van der Waals surface area (Å²) in [5.41, 5.74) is 4.35. The Bertz CT molecular complexity index is 382. The summed E-state index contributed by atoms with van der Waals surface area (Å²) in [5.74, 6) is -4.99. The molecule has 0 spiro atoms. The van der Waals surface area contributed by atoms with Crippen LogP contribution in [0, 0.1) is 17.8 Å². The van der Waals surface area contributed by atoms with Crippen molar-refractivity contribution in [3.05, 3.63) is 0 Å². The molecular weight excluding hydrogens is 270 g/mol. The number of carbonyl (C=O) groups is 2. The highest BCUT2D eigenvalue weighted by Crippen LogP contribution is 2.48. The van der Waals surface area contributed by atoms with E-state index in [1.54, 1.807) is 7.11 Å². The molecule has 1 unspecified atom stereocenters. The molecule has 0 aromatic carbocycles. The van der Waals surface area contributed by atoms with Crippen LogP contribution in [0.3, 0.4) is 0 Å². The van der Waals surface area contributed by atoms with Crippen LogP contribution in [0.2, 0.25) is 0 Å². The van der Waals surface area contributed by atoms with Crippen molar-refractivity contribution >= 4 is 11.8 Å². The van der Waals surface area contributed by atoms with Crippen molar-refractivity contribution in [2.75, 3.05) is 13.7 Å². The summed E-state index contributed by atoms with van der Waals surface area (Å²) in [6, 6.07) is 0. The minimum Gasteiger partial charge on any atom is -0.384 e. The van der Waals surface area contributed by atoms with Gasteiger partial charge in [0.25, 0.3) is 5.92 Å². The van der Waals surface area contributed by atoms with E-state index in [2.05, 4.69) is 10.9 Å². The van der Waals surface area contributed by atoms with Crippen LogP contribution in [0.1, 0.15) is 32.1 Å². The number of methoxy groups -OCH3 is 1. The molecule has 2 fully saturated rings. The van der Waals surface area contributed by atoms with Gasteiger partial charge in [0.05, 0.1) is 0 Å². The van der Waals surface area contributed by atoms with E-state index in [1.165, 1.54) is 0 Å². The number of rotatable bonds is 4. The van der Waals surface area contributed by atoms with Gasteiger partial charge in [-0.05, 0) is 31.6 Å². The zero-order valence-corrected chi connectivity index (χ0v) is 11.5. The fourth-order valence-electron chi connectivity index (χ4n) is 2.64. The third-order valence-corrected chi connectivity index (χ3v) is 4.07. The number of hydrogen-bond donors (Lipinski definition) is 2. The zero-order valence-electron chi connectivity index (χ0n) is 11.5. The van der Waals surface area contributed by atoms with Crippen molar-refractivity contribution in [3.63, 3.8) is 0 Å². The van der Waals surface area contributed by atoms with Crippen LogP contribution in [0.15, 0.2) is 0 Å². The predicted molar refractivity (Wildman–Crippen MR) is 66.7 cm³/mol. The first-order valence-corrected chi connectivity index (χ1v) is 6.90. The second-order valence-corrected chi connectivity index (χ2v) is 5.67. The number of alkyl halides is 2. The molecule has 7 heteroatoms. The summed E-state index contributed by atoms with van der Waals surface area (Å²) in [6.45, 7) is 0.696. The van der Waals surface area contributed by atoms with E-state index in [1.807, 2.05) is 0 Å². The highest BCUT2D eigenvalue weighted by atomic mass is 19.3. The van der Waals surface area contributed by atoms with Crippen LogP contribution in [-0.4, -0.2) is 31.5 Å². The van der Waals surface area contributed by atoms with Crippen molar-refractivity contribution in [1.82, 2.24) is 10.9 Å². The molecule has 0 heterocycles. The number of ether oxygens (including phenoxy) is 1. The normalized spacial score (nSPS) is 31.4. The summed E-state index contributed by atoms with van der Waals surface area (Å²) in [4.78, 5) is 23.1. The van der Waals surface area contributed by atoms with Gasteiger partial charge in [-0.1, -0.05) is 0 Å². The Morgan fingerprint density at radius 1 is 1.15 bits per heavy atom. The molecule has 0 bridgehead atoms. The maximum absolute atomic E-state index is 12.7. The molecule has 2 amide bonds. The van der Waals surface area contributed by atoms with Gasteiger partial charge in [0.1, 0.15) is 5.92 Å². The van der Waals surface area contributed by atoms with E-state index in [-0.39, 0.29) is 11.8 Å². The molecule has 2 aliphatic rings. The average Bonchev–Trinajstić information content (AvgIpc) is 3.06. The van der Waals surface area contributed by atoms with E-state index in [4.69, 9.17) is 4.74 Å². The van der Waals surface area contributed by atoms with E-state index in [0.717, 1.165) is 25.7 Å². The average molecular weight is 290 g/mol. The molecule has 0 aromatic heterocycles. The quantitative estimate of drug-likeness (QED) is 0.766. The summed E-state index contributed by atoms with van der Waals surface area (Å²) in [6.07, 6.45) is 2.84. The van der Waals surface area contributed by atoms with Gasteiger partial charge in [0.15, 0.2) is 0 Å². The summed E-state index contributed by atoms with van der Waals surface area (Å²) >= 11 is 0. The maximum Gasteiger partial charge on any atom is 0.260 e. The van der Waals surface area contributed by atoms with Gasteiger partial charge in [-0.15, -0.1) is 0 Å². The predicted octanol–water partition coefficient (Wildman–Crippen LogP) is 1.24. The highest BCUT2D eigenvalue weighted by molar-refractivity contribution is 5.86. The lowest BCUT2D eigenvalue weighted by Gasteiger charge is -2.27. The molecule has 0 aliphatic heterocycles. The monoisotopic (exact) mass is 290 g/mol. The lowest BCUT2D eigenvalue weighted by Crippen LogP contribution is -2.46. The standard InChI is InChI=1S/C13H20F2N2O3/c1-20-7-8-2-4-9(5-3-8)11(18)16-17-12(19)10-6-13(10,14)15/h8-10H,2-7H2,1H3,(H,16,18)(H,17,19). The Balaban J connectivity index is 1.67. The molecule has 20 heavy (non-hydrogen) atoms. The minimum absolute atomic E-state index is 0.164. The van der Waals surface area contributed by atoms with Crippen molar-refractivity contribution < 1.29 is 23.1 Å². The number of amides is 2. The molecule has 0 saturated heterocycles. The number of hydrazine groups is 1. The van der Waals surface area contributed by atoms with Crippen molar-refractivity contribution in [2.24, 2.45) is 17.8 Å². The Morgan fingerprint density at radius 2 is 1.70 bits per heavy atom. The van der Waals surface area contributed by atoms with Crippen molar-refractivity contribution in [3.8, 4) is 0 Å². The van der Waals surface area contributed by atoms with E-state index in [9.17, 15) is 18.4 Å². The molecule has 114 valence electrons. The molecular formula is C13H20F2N2O3. The van der Waals surface area contributed by atoms with Gasteiger partial charge in [0.2, 0.25) is 11.8 Å². The number of halogens is 2. The first kappa shape index (κ1) is 15.2. The van der Waals surface area contributed by atoms with Crippen LogP contribution in [-0.2, 0) is 14.3 Å². The minimum atomic E-state index is -2.91. The fraction of sp³-hybridized carbons (Fsp3) is 0.846. The molecule has 1 atom stereocenters. The van der Waals surface area contributed by atoms with Crippen molar-refractivity contribution in [2.45, 2.75) is 38.0 Å². The molecule has 2 N–H and O–H groups in total. The summed E-state index contributed by atoms with van der Waals surface area (Å²) < 4.78 is 30.4. The summed E-state index contributed by atoms with van der Waals surface area (Å²) in [5, 5.41) is 0. The largest absolute Gasteiger partial charge is 0.384 e. The fourth-order valence-corrected chi connectivity index (χ4v) is 2.64. The molecule has 2 aliphatic carbocycles. The smallest absolute Gasteiger partial charge is 0.260 e. The number of carbonyl (C=O) groups excluding carboxylic acids is 2. The third kappa shape index (κ3) is 3.65. The molecule has 5 nitrogen and oxygen atoms in total. The van der Waals surface area contributed by atoms with Crippen molar-refractivity contribution in [1.29, 1.82) is 0 Å². The lowest BCUT2D eigenvalue weighted by atomic mass is 9.82. The molecule has 0 aromatic rings. The van der Waals surface area contributed by atoms with Gasteiger partial charge in [-0.3, -0.25) is 20.4 Å². The van der Waals surface area contributed by atoms with Gasteiger partial charge < -0.3 is 4.74 Å². The molecule has 2 saturated carbocycles. The Hall–Kier alpha value is -1.24. The van der Waals surface area contributed by atoms with E-state index >= 15 is 0 Å². The Kier molecular flexibility index (Phi) is 4.57. The first-order chi connectivity index (χ1) is 9.44.